The van der Waals surface area contributed by atoms with E-state index in [0.717, 1.165) is 12.8 Å². The van der Waals surface area contributed by atoms with Crippen LogP contribution in [0.2, 0.25) is 0 Å². The highest BCUT2D eigenvalue weighted by Crippen LogP contribution is 2.35. The number of allylic oxidation sites excluding steroid dienone is 2. The van der Waals surface area contributed by atoms with E-state index in [1.165, 1.54) is 5.57 Å². The van der Waals surface area contributed by atoms with Gasteiger partial charge in [-0.1, -0.05) is 30.7 Å². The molecule has 19 heavy (non-hydrogen) atoms. The number of aryl methyl sites for hydroxylation is 1. The second-order valence-electron chi connectivity index (χ2n) is 5.26. The van der Waals surface area contributed by atoms with Crippen LogP contribution in [0, 0.1) is 12.1 Å². The molecular formula is C15H23NO3. The summed E-state index contributed by atoms with van der Waals surface area (Å²) in [4.78, 5) is 0. The molecule has 1 aromatic rings. The van der Waals surface area contributed by atoms with Crippen LogP contribution in [-0.2, 0) is 0 Å². The van der Waals surface area contributed by atoms with E-state index in [1.54, 1.807) is 13.0 Å². The van der Waals surface area contributed by atoms with Crippen molar-refractivity contribution >= 4 is 5.69 Å². The van der Waals surface area contributed by atoms with Crippen LogP contribution >= 0.6 is 0 Å². The zero-order chi connectivity index (χ0) is 14.6. The third kappa shape index (κ3) is 4.06. The molecule has 0 amide bonds. The second-order valence-corrected chi connectivity index (χ2v) is 5.26. The Labute approximate surface area is 114 Å². The zero-order valence-corrected chi connectivity index (χ0v) is 12.0. The van der Waals surface area contributed by atoms with E-state index < -0.39 is 5.23 Å². The van der Waals surface area contributed by atoms with Gasteiger partial charge in [0, 0.05) is 11.1 Å². The summed E-state index contributed by atoms with van der Waals surface area (Å²) in [5.74, 6) is 0.0477. The SMILES string of the molecule is CC(C)=CCCC(C)c1ccc(C)c([NH+]([O-])O)c1O. The molecule has 0 aliphatic rings. The van der Waals surface area contributed by atoms with Gasteiger partial charge in [-0.15, -0.1) is 0 Å². The molecule has 2 atom stereocenters. The molecule has 0 spiro atoms. The van der Waals surface area contributed by atoms with E-state index in [9.17, 15) is 10.3 Å². The van der Waals surface area contributed by atoms with Gasteiger partial charge >= 0.3 is 0 Å². The lowest BCUT2D eigenvalue weighted by Gasteiger charge is -2.19. The lowest BCUT2D eigenvalue weighted by atomic mass is 9.93. The van der Waals surface area contributed by atoms with Crippen molar-refractivity contribution in [2.24, 2.45) is 0 Å². The zero-order valence-electron chi connectivity index (χ0n) is 12.0. The van der Waals surface area contributed by atoms with Crippen molar-refractivity contribution in [2.75, 3.05) is 0 Å². The standard InChI is InChI=1S/C15H23NO3/c1-10(2)6-5-7-11(3)13-9-8-12(4)14(15(13)17)16(18)19/h6,8-9,11,16-18H,5,7H2,1-4H3. The number of quaternary nitrogens is 1. The van der Waals surface area contributed by atoms with Crippen LogP contribution in [0.15, 0.2) is 23.8 Å². The van der Waals surface area contributed by atoms with Crippen molar-refractivity contribution < 1.29 is 15.5 Å². The molecule has 4 heteroatoms. The minimum Gasteiger partial charge on any atom is -0.595 e. The monoisotopic (exact) mass is 265 g/mol. The number of phenols is 1. The average molecular weight is 265 g/mol. The van der Waals surface area contributed by atoms with E-state index in [2.05, 4.69) is 19.9 Å². The van der Waals surface area contributed by atoms with Gasteiger partial charge in [0.1, 0.15) is 0 Å². The Morgan fingerprint density at radius 1 is 1.42 bits per heavy atom. The van der Waals surface area contributed by atoms with E-state index in [1.807, 2.05) is 13.0 Å². The fraction of sp³-hybridized carbons (Fsp3) is 0.467. The van der Waals surface area contributed by atoms with E-state index >= 15 is 0 Å². The molecule has 0 bridgehead atoms. The van der Waals surface area contributed by atoms with E-state index in [4.69, 9.17) is 5.21 Å². The van der Waals surface area contributed by atoms with E-state index in [0.29, 0.717) is 11.1 Å². The molecule has 3 N–H and O–H groups in total. The fourth-order valence-corrected chi connectivity index (χ4v) is 2.15. The van der Waals surface area contributed by atoms with Gasteiger partial charge in [0.15, 0.2) is 5.75 Å². The molecule has 2 unspecified atom stereocenters. The highest BCUT2D eigenvalue weighted by atomic mass is 16.8. The van der Waals surface area contributed by atoms with Crippen molar-refractivity contribution in [1.82, 2.24) is 0 Å². The van der Waals surface area contributed by atoms with Gasteiger partial charge in [-0.2, -0.15) is 5.23 Å². The first-order valence-corrected chi connectivity index (χ1v) is 6.53. The van der Waals surface area contributed by atoms with Crippen LogP contribution in [0.25, 0.3) is 0 Å². The normalized spacial score (nSPS) is 14.0. The number of benzene rings is 1. The first-order valence-electron chi connectivity index (χ1n) is 6.53. The Balaban J connectivity index is 2.95. The first kappa shape index (κ1) is 15.7. The van der Waals surface area contributed by atoms with Crippen LogP contribution < -0.4 is 5.23 Å². The largest absolute Gasteiger partial charge is 0.595 e. The predicted octanol–water partition coefficient (Wildman–Crippen LogP) is 2.95. The van der Waals surface area contributed by atoms with Gasteiger partial charge in [0.25, 0.3) is 0 Å². The maximum atomic E-state index is 11.2. The van der Waals surface area contributed by atoms with Crippen molar-refractivity contribution in [3.8, 4) is 5.75 Å². The number of hydrogen-bond acceptors (Lipinski definition) is 3. The summed E-state index contributed by atoms with van der Waals surface area (Å²) in [7, 11) is 0. The molecule has 1 aromatic carbocycles. The molecule has 4 nitrogen and oxygen atoms in total. The molecule has 0 heterocycles. The Kier molecular flexibility index (Phi) is 5.54. The lowest BCUT2D eigenvalue weighted by Crippen LogP contribution is -2.99. The third-order valence-electron chi connectivity index (χ3n) is 3.31. The number of rotatable bonds is 5. The molecule has 0 saturated heterocycles. The summed E-state index contributed by atoms with van der Waals surface area (Å²) >= 11 is 0. The minimum atomic E-state index is -1.08. The molecule has 0 aromatic heterocycles. The van der Waals surface area contributed by atoms with Gasteiger partial charge in [0.05, 0.1) is 0 Å². The quantitative estimate of drug-likeness (QED) is 0.435. The Bertz CT molecular complexity index is 463. The van der Waals surface area contributed by atoms with Gasteiger partial charge < -0.3 is 10.3 Å². The van der Waals surface area contributed by atoms with Crippen molar-refractivity contribution in [3.05, 3.63) is 40.1 Å². The highest BCUT2D eigenvalue weighted by Gasteiger charge is 2.19. The van der Waals surface area contributed by atoms with E-state index in [-0.39, 0.29) is 17.4 Å². The summed E-state index contributed by atoms with van der Waals surface area (Å²) in [5.41, 5.74) is 2.59. The second kappa shape index (κ2) is 6.70. The molecule has 106 valence electrons. The number of phenolic OH excluding ortho intramolecular Hbond substituents is 1. The maximum absolute atomic E-state index is 11.2. The van der Waals surface area contributed by atoms with Crippen LogP contribution in [0.4, 0.5) is 5.69 Å². The fourth-order valence-electron chi connectivity index (χ4n) is 2.15. The molecular weight excluding hydrogens is 242 g/mol. The van der Waals surface area contributed by atoms with Crippen molar-refractivity contribution in [3.63, 3.8) is 0 Å². The number of nitrogens with one attached hydrogen (secondary N) is 1. The van der Waals surface area contributed by atoms with Crippen molar-refractivity contribution in [2.45, 2.75) is 46.5 Å². The van der Waals surface area contributed by atoms with Crippen LogP contribution in [0.3, 0.4) is 0 Å². The molecule has 0 radical (unpaired) electrons. The number of hydrogen-bond donors (Lipinski definition) is 3. The lowest BCUT2D eigenvalue weighted by molar-refractivity contribution is -0.991. The summed E-state index contributed by atoms with van der Waals surface area (Å²) in [6.45, 7) is 7.81. The van der Waals surface area contributed by atoms with Crippen LogP contribution in [0.5, 0.6) is 5.75 Å². The summed E-state index contributed by atoms with van der Waals surface area (Å²) in [5, 5.41) is 29.3. The van der Waals surface area contributed by atoms with Gasteiger partial charge in [-0.05, 0) is 39.5 Å². The summed E-state index contributed by atoms with van der Waals surface area (Å²) in [6.07, 6.45) is 3.97. The highest BCUT2D eigenvalue weighted by molar-refractivity contribution is 5.56. The minimum absolute atomic E-state index is 0.0200. The average Bonchev–Trinajstić information content (AvgIpc) is 2.27. The summed E-state index contributed by atoms with van der Waals surface area (Å²) in [6, 6.07) is 3.58. The van der Waals surface area contributed by atoms with Crippen LogP contribution in [-0.4, -0.2) is 10.3 Å². The molecule has 1 rings (SSSR count). The van der Waals surface area contributed by atoms with Crippen molar-refractivity contribution in [1.29, 1.82) is 0 Å². The topological polar surface area (TPSA) is 68.0 Å². The predicted molar refractivity (Wildman–Crippen MR) is 75.7 cm³/mol. The summed E-state index contributed by atoms with van der Waals surface area (Å²) < 4.78 is 0. The number of aromatic hydroxyl groups is 1. The Morgan fingerprint density at radius 2 is 2.05 bits per heavy atom. The Hall–Kier alpha value is -1.36. The van der Waals surface area contributed by atoms with Crippen LogP contribution in [0.1, 0.15) is 50.7 Å². The molecule has 0 aliphatic carbocycles. The maximum Gasteiger partial charge on any atom is 0.209 e. The molecule has 0 fully saturated rings. The smallest absolute Gasteiger partial charge is 0.209 e. The molecule has 0 aliphatic heterocycles. The first-order chi connectivity index (χ1) is 8.84. The third-order valence-corrected chi connectivity index (χ3v) is 3.31. The Morgan fingerprint density at radius 3 is 2.58 bits per heavy atom. The van der Waals surface area contributed by atoms with Gasteiger partial charge in [-0.3, -0.25) is 0 Å². The van der Waals surface area contributed by atoms with Gasteiger partial charge in [0.2, 0.25) is 5.69 Å². The molecule has 0 saturated carbocycles. The van der Waals surface area contributed by atoms with Gasteiger partial charge in [-0.25, -0.2) is 5.21 Å².